The van der Waals surface area contributed by atoms with Crippen LogP contribution < -0.4 is 9.47 Å². The fraction of sp³-hybridized carbons (Fsp3) is 0.349. The first-order chi connectivity index (χ1) is 37.2. The number of carbonyl (C=O) groups is 1. The third-order valence-electron chi connectivity index (χ3n) is 16.0. The molecule has 4 aliphatic rings. The molecule has 2 aromatic heterocycles. The second kappa shape index (κ2) is 23.1. The second-order valence-corrected chi connectivity index (χ2v) is 24.8. The molecule has 0 atom stereocenters. The zero-order valence-electron chi connectivity index (χ0n) is 42.9. The van der Waals surface area contributed by atoms with E-state index in [4.69, 9.17) is 9.47 Å². The van der Waals surface area contributed by atoms with Gasteiger partial charge in [0, 0.05) is 87.3 Å². The van der Waals surface area contributed by atoms with Crippen LogP contribution in [0.3, 0.4) is 0 Å². The van der Waals surface area contributed by atoms with Crippen molar-refractivity contribution in [3.63, 3.8) is 0 Å². The maximum absolute atomic E-state index is 16.8. The molecule has 0 saturated carbocycles. The molecule has 12 rings (SSSR count). The number of ketones is 1. The van der Waals surface area contributed by atoms with Crippen LogP contribution in [-0.2, 0) is 13.1 Å². The van der Waals surface area contributed by atoms with Crippen LogP contribution in [-0.4, -0.2) is 114 Å². The maximum Gasteiger partial charge on any atom is 0.197 e. The number of halogens is 2. The lowest BCUT2D eigenvalue weighted by Crippen LogP contribution is -2.25. The van der Waals surface area contributed by atoms with Gasteiger partial charge in [0.05, 0.1) is 0 Å². The summed E-state index contributed by atoms with van der Waals surface area (Å²) < 4.78 is 16.3. The van der Waals surface area contributed by atoms with E-state index in [0.717, 1.165) is 140 Å². The SMILES string of the molecule is O=C(c1c(-c2ccc(OCCN3CCCC3)cc2)sc2ccc(O)c(-c3ccc(CN4CCCC4)c(Br)c3)c12)c1c(-c2ccc(OCCN3CCCC3)cc2)sc2ccc(O)c(-c3ccc(CN4CCCC4)c(Br)c3)c12. The van der Waals surface area contributed by atoms with Crippen LogP contribution >= 0.6 is 54.5 Å². The van der Waals surface area contributed by atoms with Crippen LogP contribution in [0.4, 0.5) is 0 Å². The molecule has 9 nitrogen and oxygen atoms in total. The van der Waals surface area contributed by atoms with Crippen molar-refractivity contribution >= 4 is 80.5 Å². The smallest absolute Gasteiger partial charge is 0.197 e. The van der Waals surface area contributed by atoms with Crippen LogP contribution in [0.25, 0.3) is 63.3 Å². The van der Waals surface area contributed by atoms with Crippen molar-refractivity contribution in [1.29, 1.82) is 0 Å². The standard InChI is InChI=1S/C63H64Br2N4O5S2/c64-49-37-43(9-11-45(49)39-68-29-5-6-30-68)55-51(70)21-23-53-57(55)59(62(75-53)41-13-17-47(18-14-41)73-35-33-66-25-1-2-26-66)61(72)60-58-54(76-63(60)42-15-19-48(20-16-42)74-36-34-67-27-3-4-28-67)24-22-52(71)56(58)44-10-12-46(50(65)38-44)40-69-31-7-8-32-69/h9-24,37-38,70-71H,1-8,25-36,39-40H2. The first kappa shape index (κ1) is 51.7. The van der Waals surface area contributed by atoms with E-state index in [9.17, 15) is 10.2 Å². The highest BCUT2D eigenvalue weighted by atomic mass is 79.9. The minimum absolute atomic E-state index is 0.0970. The van der Waals surface area contributed by atoms with Crippen LogP contribution in [0, 0.1) is 0 Å². The zero-order valence-corrected chi connectivity index (χ0v) is 47.7. The minimum Gasteiger partial charge on any atom is -0.507 e. The number of ether oxygens (including phenoxy) is 2. The number of fused-ring (bicyclic) bond motifs is 2. The van der Waals surface area contributed by atoms with Gasteiger partial charge in [0.1, 0.15) is 36.2 Å². The third kappa shape index (κ3) is 10.9. The molecule has 0 amide bonds. The molecule has 392 valence electrons. The molecule has 4 fully saturated rings. The monoisotopic (exact) mass is 1180 g/mol. The summed E-state index contributed by atoms with van der Waals surface area (Å²) in [5, 5.41) is 25.8. The van der Waals surface area contributed by atoms with Gasteiger partial charge in [0.2, 0.25) is 0 Å². The first-order valence-electron chi connectivity index (χ1n) is 27.3. The summed E-state index contributed by atoms with van der Waals surface area (Å²) >= 11 is 11.0. The predicted molar refractivity (Wildman–Crippen MR) is 319 cm³/mol. The molecule has 4 saturated heterocycles. The molecule has 0 radical (unpaired) electrons. The summed E-state index contributed by atoms with van der Waals surface area (Å²) in [6.07, 6.45) is 9.79. The summed E-state index contributed by atoms with van der Waals surface area (Å²) in [5.74, 6) is 1.56. The van der Waals surface area contributed by atoms with Gasteiger partial charge in [-0.1, -0.05) is 56.1 Å². The van der Waals surface area contributed by atoms with Crippen molar-refractivity contribution in [2.45, 2.75) is 64.5 Å². The Morgan fingerprint density at radius 2 is 0.816 bits per heavy atom. The Balaban J connectivity index is 1.02. The molecule has 0 spiro atoms. The van der Waals surface area contributed by atoms with E-state index in [-0.39, 0.29) is 17.3 Å². The second-order valence-electron chi connectivity index (χ2n) is 21.0. The molecule has 6 aromatic carbocycles. The molecule has 13 heteroatoms. The molecular weight excluding hydrogens is 1120 g/mol. The topological polar surface area (TPSA) is 88.9 Å². The highest BCUT2D eigenvalue weighted by Gasteiger charge is 2.32. The lowest BCUT2D eigenvalue weighted by Gasteiger charge is -2.17. The number of phenolic OH excluding ortho intramolecular Hbond substituents is 2. The van der Waals surface area contributed by atoms with E-state index >= 15 is 4.79 Å². The van der Waals surface area contributed by atoms with Crippen molar-refractivity contribution in [3.05, 3.63) is 140 Å². The Morgan fingerprint density at radius 1 is 0.461 bits per heavy atom. The van der Waals surface area contributed by atoms with Gasteiger partial charge < -0.3 is 19.7 Å². The van der Waals surface area contributed by atoms with E-state index in [1.807, 2.05) is 36.4 Å². The Hall–Kier alpha value is -5.09. The normalized spacial score (nSPS) is 16.8. The number of hydrogen-bond acceptors (Lipinski definition) is 11. The van der Waals surface area contributed by atoms with E-state index in [0.29, 0.717) is 46.2 Å². The molecule has 0 bridgehead atoms. The van der Waals surface area contributed by atoms with Gasteiger partial charge in [0.25, 0.3) is 0 Å². The number of thiophene rings is 2. The predicted octanol–water partition coefficient (Wildman–Crippen LogP) is 15.1. The Morgan fingerprint density at radius 3 is 1.18 bits per heavy atom. The molecule has 2 N–H and O–H groups in total. The van der Waals surface area contributed by atoms with E-state index in [2.05, 4.69) is 112 Å². The van der Waals surface area contributed by atoms with Crippen molar-refractivity contribution < 1.29 is 24.5 Å². The lowest BCUT2D eigenvalue weighted by atomic mass is 9.88. The Labute approximate surface area is 470 Å². The fourth-order valence-corrected chi connectivity index (χ4v) is 15.4. The van der Waals surface area contributed by atoms with E-state index in [1.54, 1.807) is 34.8 Å². The van der Waals surface area contributed by atoms with Crippen LogP contribution in [0.1, 0.15) is 78.4 Å². The maximum atomic E-state index is 16.8. The summed E-state index contributed by atoms with van der Waals surface area (Å²) in [7, 11) is 0. The number of nitrogens with zero attached hydrogens (tertiary/aromatic N) is 4. The van der Waals surface area contributed by atoms with Gasteiger partial charge in [-0.15, -0.1) is 22.7 Å². The van der Waals surface area contributed by atoms with Gasteiger partial charge in [-0.2, -0.15) is 0 Å². The first-order valence-corrected chi connectivity index (χ1v) is 30.5. The van der Waals surface area contributed by atoms with Crippen molar-refractivity contribution in [2.24, 2.45) is 0 Å². The largest absolute Gasteiger partial charge is 0.507 e. The zero-order chi connectivity index (χ0) is 51.7. The highest BCUT2D eigenvalue weighted by Crippen LogP contribution is 2.52. The van der Waals surface area contributed by atoms with E-state index in [1.165, 1.54) is 62.5 Å². The Kier molecular flexibility index (Phi) is 15.7. The average Bonchev–Trinajstić information content (AvgIpc) is 4.41. The number of benzene rings is 6. The molecule has 6 heterocycles. The highest BCUT2D eigenvalue weighted by molar-refractivity contribution is 9.10. The summed E-state index contributed by atoms with van der Waals surface area (Å²) in [5.41, 5.74) is 7.97. The Bertz CT molecular complexity index is 3170. The number of aromatic hydroxyl groups is 2. The van der Waals surface area contributed by atoms with Gasteiger partial charge in [-0.05, 0) is 222 Å². The number of carbonyl (C=O) groups excluding carboxylic acids is 1. The van der Waals surface area contributed by atoms with Gasteiger partial charge in [-0.25, -0.2) is 0 Å². The molecule has 76 heavy (non-hydrogen) atoms. The molecule has 0 unspecified atom stereocenters. The number of likely N-dealkylation sites (tertiary alicyclic amines) is 4. The number of hydrogen-bond donors (Lipinski definition) is 2. The van der Waals surface area contributed by atoms with Crippen LogP contribution in [0.5, 0.6) is 23.0 Å². The molecule has 8 aromatic rings. The number of phenols is 2. The third-order valence-corrected chi connectivity index (χ3v) is 19.9. The van der Waals surface area contributed by atoms with Crippen molar-refractivity contribution in [3.8, 4) is 66.1 Å². The average molecular weight is 1180 g/mol. The lowest BCUT2D eigenvalue weighted by molar-refractivity contribution is 0.104. The van der Waals surface area contributed by atoms with E-state index < -0.39 is 0 Å². The minimum atomic E-state index is -0.187. The summed E-state index contributed by atoms with van der Waals surface area (Å²) in [4.78, 5) is 28.3. The number of rotatable bonds is 18. The van der Waals surface area contributed by atoms with Crippen LogP contribution in [0.15, 0.2) is 118 Å². The molecule has 4 aliphatic heterocycles. The van der Waals surface area contributed by atoms with Crippen LogP contribution in [0.2, 0.25) is 0 Å². The van der Waals surface area contributed by atoms with Crippen molar-refractivity contribution in [1.82, 2.24) is 19.6 Å². The van der Waals surface area contributed by atoms with Gasteiger partial charge in [0.15, 0.2) is 5.78 Å². The summed E-state index contributed by atoms with van der Waals surface area (Å²) in [6, 6.07) is 36.4. The summed E-state index contributed by atoms with van der Waals surface area (Å²) in [6.45, 7) is 13.5. The molecule has 0 aliphatic carbocycles. The fourth-order valence-electron chi connectivity index (χ4n) is 11.9. The molecular formula is C63H64Br2N4O5S2. The van der Waals surface area contributed by atoms with Gasteiger partial charge in [-0.3, -0.25) is 24.4 Å². The van der Waals surface area contributed by atoms with Crippen molar-refractivity contribution in [2.75, 3.05) is 78.7 Å². The quantitative estimate of drug-likeness (QED) is 0.0816. The van der Waals surface area contributed by atoms with Gasteiger partial charge >= 0.3 is 0 Å².